The largest absolute Gasteiger partial charge is 0.481 e. The molecule has 13 nitrogen and oxygen atoms in total. The number of hydrogen-bond acceptors (Lipinski definition) is 8. The number of nitrogens with two attached hydrogens (primary N) is 1. The number of nitrogens with one attached hydrogen (secondary N) is 4. The Hall–Kier alpha value is -2.77. The van der Waals surface area contributed by atoms with E-state index < -0.39 is 66.9 Å². The molecule has 1 aliphatic rings. The van der Waals surface area contributed by atoms with Crippen LogP contribution in [0.15, 0.2) is 0 Å². The highest BCUT2D eigenvalue weighted by Gasteiger charge is 2.31. The van der Waals surface area contributed by atoms with Crippen molar-refractivity contribution in [1.29, 1.82) is 0 Å². The van der Waals surface area contributed by atoms with Crippen molar-refractivity contribution in [3.63, 3.8) is 0 Å². The van der Waals surface area contributed by atoms with E-state index in [0.717, 1.165) is 6.42 Å². The molecule has 0 radical (unpaired) electrons. The van der Waals surface area contributed by atoms with Gasteiger partial charge in [-0.1, -0.05) is 0 Å². The van der Waals surface area contributed by atoms with Gasteiger partial charge in [0.25, 0.3) is 0 Å². The molecule has 182 valence electrons. The molecule has 1 rings (SSSR count). The Labute approximate surface area is 185 Å². The van der Waals surface area contributed by atoms with Crippen molar-refractivity contribution < 1.29 is 39.3 Å². The van der Waals surface area contributed by atoms with E-state index in [1.165, 1.54) is 0 Å². The molecule has 0 aromatic rings. The molecule has 13 heteroatoms. The third kappa shape index (κ3) is 9.58. The lowest BCUT2D eigenvalue weighted by molar-refractivity contribution is -0.143. The number of rotatable bonds is 15. The maximum atomic E-state index is 12.6. The zero-order chi connectivity index (χ0) is 24.1. The van der Waals surface area contributed by atoms with E-state index in [9.17, 15) is 34.2 Å². The number of amides is 3. The van der Waals surface area contributed by atoms with Gasteiger partial charge >= 0.3 is 11.9 Å². The number of carbonyl (C=O) groups is 5. The first-order valence-corrected chi connectivity index (χ1v) is 10.6. The molecule has 3 amide bonds. The van der Waals surface area contributed by atoms with Gasteiger partial charge in [-0.2, -0.15) is 0 Å². The summed E-state index contributed by atoms with van der Waals surface area (Å²) in [5, 5.41) is 37.7. The van der Waals surface area contributed by atoms with Gasteiger partial charge in [0.15, 0.2) is 0 Å². The van der Waals surface area contributed by atoms with Gasteiger partial charge in [-0.25, -0.2) is 4.79 Å². The van der Waals surface area contributed by atoms with Crippen LogP contribution in [-0.2, 0) is 24.0 Å². The lowest BCUT2D eigenvalue weighted by Crippen LogP contribution is -2.58. The summed E-state index contributed by atoms with van der Waals surface area (Å²) in [6.07, 6.45) is 1.73. The molecule has 0 aromatic heterocycles. The van der Waals surface area contributed by atoms with Gasteiger partial charge in [-0.05, 0) is 51.6 Å². The summed E-state index contributed by atoms with van der Waals surface area (Å²) in [4.78, 5) is 59.7. The van der Waals surface area contributed by atoms with Crippen LogP contribution in [0.4, 0.5) is 0 Å². The molecule has 1 aliphatic heterocycles. The molecule has 1 heterocycles. The minimum Gasteiger partial charge on any atom is -0.481 e. The lowest BCUT2D eigenvalue weighted by atomic mass is 10.1. The van der Waals surface area contributed by atoms with E-state index in [2.05, 4.69) is 21.3 Å². The minimum atomic E-state index is -1.37. The number of aliphatic carboxylic acids is 2. The number of hydrogen-bond donors (Lipinski definition) is 8. The average molecular weight is 460 g/mol. The Morgan fingerprint density at radius 3 is 2.12 bits per heavy atom. The fraction of sp³-hybridized carbons (Fsp3) is 0.737. The van der Waals surface area contributed by atoms with Gasteiger partial charge < -0.3 is 42.3 Å². The van der Waals surface area contributed by atoms with Gasteiger partial charge in [-0.15, -0.1) is 0 Å². The minimum absolute atomic E-state index is 0.113. The lowest BCUT2D eigenvalue weighted by Gasteiger charge is -2.24. The standard InChI is InChI=1S/C19H33N5O8/c20-8-2-1-4-13(19(31)32)23-17(29)12(6-7-15(26)27)22-18(30)14(10-25)24-16(28)11-5-3-9-21-11/h11-14,21,25H,1-10,20H2,(H,22,30)(H,23,29)(H,24,28)(H,26,27)(H,31,32). The highest BCUT2D eigenvalue weighted by Crippen LogP contribution is 2.07. The topological polar surface area (TPSA) is 220 Å². The third-order valence-corrected chi connectivity index (χ3v) is 5.03. The van der Waals surface area contributed by atoms with Crippen molar-refractivity contribution in [1.82, 2.24) is 21.3 Å². The second-order valence-corrected chi connectivity index (χ2v) is 7.57. The number of carboxylic acid groups (broad SMARTS) is 2. The number of unbranched alkanes of at least 4 members (excludes halogenated alkanes) is 1. The van der Waals surface area contributed by atoms with Gasteiger partial charge in [0.05, 0.1) is 12.6 Å². The Morgan fingerprint density at radius 2 is 1.59 bits per heavy atom. The van der Waals surface area contributed by atoms with Crippen LogP contribution >= 0.6 is 0 Å². The second-order valence-electron chi connectivity index (χ2n) is 7.57. The van der Waals surface area contributed by atoms with Gasteiger partial charge in [0.1, 0.15) is 18.1 Å². The van der Waals surface area contributed by atoms with Crippen molar-refractivity contribution >= 4 is 29.7 Å². The molecule has 0 aliphatic carbocycles. The van der Waals surface area contributed by atoms with Crippen LogP contribution in [0.1, 0.15) is 44.9 Å². The molecule has 4 atom stereocenters. The fourth-order valence-electron chi connectivity index (χ4n) is 3.21. The van der Waals surface area contributed by atoms with Crippen molar-refractivity contribution in [2.24, 2.45) is 5.73 Å². The van der Waals surface area contributed by atoms with E-state index in [1.54, 1.807) is 0 Å². The molecule has 0 spiro atoms. The van der Waals surface area contributed by atoms with Crippen LogP contribution in [0, 0.1) is 0 Å². The maximum Gasteiger partial charge on any atom is 0.326 e. The predicted octanol–water partition coefficient (Wildman–Crippen LogP) is -2.74. The zero-order valence-electron chi connectivity index (χ0n) is 17.8. The highest BCUT2D eigenvalue weighted by molar-refractivity contribution is 5.94. The number of aliphatic hydroxyl groups is 1. The molecular weight excluding hydrogens is 426 g/mol. The van der Waals surface area contributed by atoms with Gasteiger partial charge in [0.2, 0.25) is 17.7 Å². The van der Waals surface area contributed by atoms with Crippen molar-refractivity contribution in [3.8, 4) is 0 Å². The Kier molecular flexibility index (Phi) is 12.2. The summed E-state index contributed by atoms with van der Waals surface area (Å²) in [5.41, 5.74) is 5.39. The van der Waals surface area contributed by atoms with Gasteiger partial charge in [-0.3, -0.25) is 19.2 Å². The monoisotopic (exact) mass is 459 g/mol. The molecule has 32 heavy (non-hydrogen) atoms. The van der Waals surface area contributed by atoms with Crippen LogP contribution in [0.2, 0.25) is 0 Å². The number of carboxylic acids is 2. The van der Waals surface area contributed by atoms with Crippen LogP contribution in [0.5, 0.6) is 0 Å². The summed E-state index contributed by atoms with van der Waals surface area (Å²) >= 11 is 0. The zero-order valence-corrected chi connectivity index (χ0v) is 17.8. The smallest absolute Gasteiger partial charge is 0.326 e. The molecule has 4 unspecified atom stereocenters. The molecule has 0 bridgehead atoms. The Balaban J connectivity index is 2.80. The molecule has 0 saturated carbocycles. The number of carbonyl (C=O) groups excluding carboxylic acids is 3. The predicted molar refractivity (Wildman–Crippen MR) is 111 cm³/mol. The normalized spacial score (nSPS) is 18.2. The first-order valence-electron chi connectivity index (χ1n) is 10.6. The first kappa shape index (κ1) is 27.3. The summed E-state index contributed by atoms with van der Waals surface area (Å²) in [5.74, 6) is -4.73. The van der Waals surface area contributed by atoms with E-state index in [1.807, 2.05) is 0 Å². The second kappa shape index (κ2) is 14.3. The molecule has 1 saturated heterocycles. The van der Waals surface area contributed by atoms with Crippen molar-refractivity contribution in [2.75, 3.05) is 19.7 Å². The first-order chi connectivity index (χ1) is 15.2. The summed E-state index contributed by atoms with van der Waals surface area (Å²) < 4.78 is 0. The third-order valence-electron chi connectivity index (χ3n) is 5.03. The Bertz CT molecular complexity index is 668. The molecular formula is C19H33N5O8. The number of aliphatic hydroxyl groups excluding tert-OH is 1. The van der Waals surface area contributed by atoms with E-state index in [-0.39, 0.29) is 12.8 Å². The van der Waals surface area contributed by atoms with E-state index in [0.29, 0.717) is 32.4 Å². The molecule has 1 fully saturated rings. The molecule has 9 N–H and O–H groups in total. The van der Waals surface area contributed by atoms with E-state index >= 15 is 0 Å². The highest BCUT2D eigenvalue weighted by atomic mass is 16.4. The quantitative estimate of drug-likeness (QED) is 0.118. The van der Waals surface area contributed by atoms with Crippen molar-refractivity contribution in [3.05, 3.63) is 0 Å². The summed E-state index contributed by atoms with van der Waals surface area (Å²) in [6, 6.07) is -4.46. The fourth-order valence-corrected chi connectivity index (χ4v) is 3.21. The Morgan fingerprint density at radius 1 is 0.938 bits per heavy atom. The summed E-state index contributed by atoms with van der Waals surface area (Å²) in [6.45, 7) is 0.276. The van der Waals surface area contributed by atoms with Crippen LogP contribution in [0.3, 0.4) is 0 Å². The summed E-state index contributed by atoms with van der Waals surface area (Å²) in [7, 11) is 0. The van der Waals surface area contributed by atoms with Crippen LogP contribution in [-0.4, -0.2) is 88.8 Å². The average Bonchev–Trinajstić information content (AvgIpc) is 3.28. The molecule has 0 aromatic carbocycles. The van der Waals surface area contributed by atoms with Crippen LogP contribution in [0.25, 0.3) is 0 Å². The van der Waals surface area contributed by atoms with E-state index in [4.69, 9.17) is 10.8 Å². The van der Waals surface area contributed by atoms with Crippen molar-refractivity contribution in [2.45, 2.75) is 69.1 Å². The SMILES string of the molecule is NCCCCC(NC(=O)C(CCC(=O)O)NC(=O)C(CO)NC(=O)C1CCCN1)C(=O)O. The van der Waals surface area contributed by atoms with Crippen LogP contribution < -0.4 is 27.0 Å². The maximum absolute atomic E-state index is 12.6. The van der Waals surface area contributed by atoms with Gasteiger partial charge in [0, 0.05) is 6.42 Å².